The normalized spacial score (nSPS) is 14.5. The average Bonchev–Trinajstić information content (AvgIpc) is 2.00. The van der Waals surface area contributed by atoms with Crippen molar-refractivity contribution in [3.63, 3.8) is 0 Å². The Hall–Kier alpha value is -0.390. The molecule has 0 saturated carbocycles. The molecule has 0 aromatic carbocycles. The maximum Gasteiger partial charge on any atom is 0.215 e. The van der Waals surface area contributed by atoms with Crippen molar-refractivity contribution in [1.29, 1.82) is 0 Å². The Balaban J connectivity index is 3.95. The van der Waals surface area contributed by atoms with E-state index in [4.69, 9.17) is 0 Å². The third kappa shape index (κ3) is 5.79. The van der Waals surface area contributed by atoms with Gasteiger partial charge in [-0.2, -0.15) is 0 Å². The van der Waals surface area contributed by atoms with Crippen molar-refractivity contribution < 1.29 is 13.5 Å². The molecule has 0 aromatic rings. The van der Waals surface area contributed by atoms with E-state index in [2.05, 4.69) is 11.3 Å². The van der Waals surface area contributed by atoms with Gasteiger partial charge in [-0.15, -0.1) is 6.58 Å². The van der Waals surface area contributed by atoms with E-state index in [9.17, 15) is 13.5 Å². The monoisotopic (exact) mass is 207 g/mol. The van der Waals surface area contributed by atoms with Crippen molar-refractivity contribution in [1.82, 2.24) is 4.72 Å². The van der Waals surface area contributed by atoms with Crippen LogP contribution in [0.4, 0.5) is 0 Å². The second kappa shape index (κ2) is 5.36. The third-order valence-electron chi connectivity index (χ3n) is 1.62. The molecule has 0 bridgehead atoms. The molecule has 0 heterocycles. The van der Waals surface area contributed by atoms with Gasteiger partial charge in [0.05, 0.1) is 11.9 Å². The maximum absolute atomic E-state index is 11.1. The van der Waals surface area contributed by atoms with E-state index >= 15 is 0 Å². The van der Waals surface area contributed by atoms with Crippen molar-refractivity contribution in [3.8, 4) is 0 Å². The molecular weight excluding hydrogens is 190 g/mol. The van der Waals surface area contributed by atoms with Gasteiger partial charge in [-0.05, 0) is 5.92 Å². The van der Waals surface area contributed by atoms with Crippen LogP contribution in [0.1, 0.15) is 13.8 Å². The molecule has 4 nitrogen and oxygen atoms in total. The topological polar surface area (TPSA) is 66.4 Å². The Morgan fingerprint density at radius 3 is 2.46 bits per heavy atom. The number of hydrogen-bond acceptors (Lipinski definition) is 3. The minimum Gasteiger partial charge on any atom is -0.391 e. The molecule has 0 fully saturated rings. The molecule has 2 N–H and O–H groups in total. The van der Waals surface area contributed by atoms with Crippen molar-refractivity contribution in [2.45, 2.75) is 20.0 Å². The van der Waals surface area contributed by atoms with Gasteiger partial charge in [0, 0.05) is 6.54 Å². The lowest BCUT2D eigenvalue weighted by molar-refractivity contribution is 0.129. The first-order valence-corrected chi connectivity index (χ1v) is 5.80. The highest BCUT2D eigenvalue weighted by Gasteiger charge is 2.13. The summed E-state index contributed by atoms with van der Waals surface area (Å²) < 4.78 is 24.4. The minimum atomic E-state index is -3.29. The zero-order chi connectivity index (χ0) is 10.5. The zero-order valence-corrected chi connectivity index (χ0v) is 8.84. The molecule has 0 spiro atoms. The van der Waals surface area contributed by atoms with Gasteiger partial charge in [0.2, 0.25) is 10.0 Å². The highest BCUT2D eigenvalue weighted by atomic mass is 32.2. The lowest BCUT2D eigenvalue weighted by Crippen LogP contribution is -2.35. The molecule has 0 aliphatic carbocycles. The van der Waals surface area contributed by atoms with E-state index in [-0.39, 0.29) is 18.2 Å². The predicted octanol–water partition coefficient (Wildman–Crippen LogP) is 0.109. The van der Waals surface area contributed by atoms with E-state index in [0.29, 0.717) is 0 Å². The Kier molecular flexibility index (Phi) is 5.20. The van der Waals surface area contributed by atoms with Crippen LogP contribution < -0.4 is 4.72 Å². The molecule has 1 unspecified atom stereocenters. The zero-order valence-electron chi connectivity index (χ0n) is 8.03. The molecule has 1 atom stereocenters. The van der Waals surface area contributed by atoms with Crippen LogP contribution >= 0.6 is 0 Å². The molecule has 0 rings (SSSR count). The van der Waals surface area contributed by atoms with Gasteiger partial charge in [-0.25, -0.2) is 13.1 Å². The summed E-state index contributed by atoms with van der Waals surface area (Å²) in [5.74, 6) is -0.0657. The summed E-state index contributed by atoms with van der Waals surface area (Å²) in [6.45, 7) is 7.04. The molecule has 0 saturated heterocycles. The van der Waals surface area contributed by atoms with Crippen molar-refractivity contribution in [3.05, 3.63) is 12.7 Å². The van der Waals surface area contributed by atoms with Gasteiger partial charge >= 0.3 is 0 Å². The number of aliphatic hydroxyl groups excluding tert-OH is 1. The molecule has 0 amide bonds. The van der Waals surface area contributed by atoms with E-state index in [1.165, 1.54) is 6.08 Å². The SMILES string of the molecule is C=CCS(=O)(=O)NCC(O)C(C)C. The molecule has 13 heavy (non-hydrogen) atoms. The highest BCUT2D eigenvalue weighted by Crippen LogP contribution is 1.99. The standard InChI is InChI=1S/C8H17NO3S/c1-4-5-13(11,12)9-6-8(10)7(2)3/h4,7-10H,1,5-6H2,2-3H3. The highest BCUT2D eigenvalue weighted by molar-refractivity contribution is 7.89. The van der Waals surface area contributed by atoms with Gasteiger partial charge in [0.25, 0.3) is 0 Å². The Labute approximate surface area is 79.7 Å². The lowest BCUT2D eigenvalue weighted by atomic mass is 10.1. The summed E-state index contributed by atoms with van der Waals surface area (Å²) in [4.78, 5) is 0. The predicted molar refractivity (Wildman–Crippen MR) is 52.8 cm³/mol. The fourth-order valence-corrected chi connectivity index (χ4v) is 1.51. The van der Waals surface area contributed by atoms with Gasteiger partial charge in [0.1, 0.15) is 0 Å². The van der Waals surface area contributed by atoms with Crippen LogP contribution in [0.2, 0.25) is 0 Å². The first-order valence-electron chi connectivity index (χ1n) is 4.15. The van der Waals surface area contributed by atoms with Crippen LogP contribution in [0.5, 0.6) is 0 Å². The minimum absolute atomic E-state index is 0.0476. The van der Waals surface area contributed by atoms with Crippen molar-refractivity contribution >= 4 is 10.0 Å². The van der Waals surface area contributed by atoms with Crippen LogP contribution in [-0.2, 0) is 10.0 Å². The average molecular weight is 207 g/mol. The summed E-state index contributed by atoms with van der Waals surface area (Å²) in [5, 5.41) is 9.31. The van der Waals surface area contributed by atoms with Gasteiger partial charge < -0.3 is 5.11 Å². The molecule has 5 heteroatoms. The first kappa shape index (κ1) is 12.6. The van der Waals surface area contributed by atoms with Crippen LogP contribution in [0.3, 0.4) is 0 Å². The summed E-state index contributed by atoms with van der Waals surface area (Å²) >= 11 is 0. The van der Waals surface area contributed by atoms with Gasteiger partial charge in [-0.3, -0.25) is 0 Å². The summed E-state index contributed by atoms with van der Waals surface area (Å²) in [5.41, 5.74) is 0. The lowest BCUT2D eigenvalue weighted by Gasteiger charge is -2.14. The molecular formula is C8H17NO3S. The fourth-order valence-electron chi connectivity index (χ4n) is 0.662. The number of aliphatic hydroxyl groups is 1. The Morgan fingerprint density at radius 1 is 1.54 bits per heavy atom. The largest absolute Gasteiger partial charge is 0.391 e. The van der Waals surface area contributed by atoms with Crippen LogP contribution in [0.25, 0.3) is 0 Å². The third-order valence-corrected chi connectivity index (χ3v) is 2.90. The van der Waals surface area contributed by atoms with E-state index in [1.54, 1.807) is 0 Å². The molecule has 0 radical (unpaired) electrons. The van der Waals surface area contributed by atoms with Crippen LogP contribution in [-0.4, -0.2) is 31.9 Å². The first-order chi connectivity index (χ1) is 5.89. The van der Waals surface area contributed by atoms with Crippen molar-refractivity contribution in [2.24, 2.45) is 5.92 Å². The number of sulfonamides is 1. The quantitative estimate of drug-likeness (QED) is 0.607. The van der Waals surface area contributed by atoms with E-state index in [1.807, 2.05) is 13.8 Å². The fraction of sp³-hybridized carbons (Fsp3) is 0.750. The van der Waals surface area contributed by atoms with Crippen LogP contribution in [0, 0.1) is 5.92 Å². The van der Waals surface area contributed by atoms with Crippen LogP contribution in [0.15, 0.2) is 12.7 Å². The van der Waals surface area contributed by atoms with Gasteiger partial charge in [0.15, 0.2) is 0 Å². The number of hydrogen-bond donors (Lipinski definition) is 2. The maximum atomic E-state index is 11.1. The number of rotatable bonds is 6. The number of nitrogens with one attached hydrogen (secondary N) is 1. The molecule has 0 aliphatic rings. The summed E-state index contributed by atoms with van der Waals surface area (Å²) in [7, 11) is -3.29. The molecule has 0 aliphatic heterocycles. The summed E-state index contributed by atoms with van der Waals surface area (Å²) in [6.07, 6.45) is 0.670. The van der Waals surface area contributed by atoms with E-state index < -0.39 is 16.1 Å². The Morgan fingerprint density at radius 2 is 2.08 bits per heavy atom. The smallest absolute Gasteiger partial charge is 0.215 e. The molecule has 0 aromatic heterocycles. The summed E-state index contributed by atoms with van der Waals surface area (Å²) in [6, 6.07) is 0. The van der Waals surface area contributed by atoms with E-state index in [0.717, 1.165) is 0 Å². The second-order valence-electron chi connectivity index (χ2n) is 3.23. The molecule has 78 valence electrons. The van der Waals surface area contributed by atoms with Crippen molar-refractivity contribution in [2.75, 3.05) is 12.3 Å². The van der Waals surface area contributed by atoms with Gasteiger partial charge in [-0.1, -0.05) is 19.9 Å². The second-order valence-corrected chi connectivity index (χ2v) is 5.08. The Bertz CT molecular complexity index is 246.